The summed E-state index contributed by atoms with van der Waals surface area (Å²) in [7, 11) is 0. The van der Waals surface area contributed by atoms with Gasteiger partial charge in [0.05, 0.1) is 10.0 Å². The van der Waals surface area contributed by atoms with Gasteiger partial charge in [0, 0.05) is 5.54 Å². The zero-order chi connectivity index (χ0) is 14.2. The van der Waals surface area contributed by atoms with E-state index >= 15 is 0 Å². The van der Waals surface area contributed by atoms with Crippen LogP contribution in [-0.2, 0) is 19.3 Å². The fraction of sp³-hybridized carbons (Fsp3) is 0.294. The van der Waals surface area contributed by atoms with Gasteiger partial charge in [0.1, 0.15) is 0 Å². The summed E-state index contributed by atoms with van der Waals surface area (Å²) in [6.07, 6.45) is 3.67. The molecule has 1 unspecified atom stereocenters. The van der Waals surface area contributed by atoms with Gasteiger partial charge in [-0.05, 0) is 48.4 Å². The molecule has 0 bridgehead atoms. The van der Waals surface area contributed by atoms with E-state index in [4.69, 9.17) is 28.9 Å². The standard InChI is InChI=1S/C17H17Cl2N/c18-15-7-3-6-14(16(15)19)11-17(20)9-8-12-4-1-2-5-13(12)10-17/h1-7H,8-11,20H2. The van der Waals surface area contributed by atoms with E-state index in [1.54, 1.807) is 0 Å². The molecule has 1 nitrogen and oxygen atoms in total. The normalized spacial score (nSPS) is 21.6. The number of hydrogen-bond donors (Lipinski definition) is 1. The van der Waals surface area contributed by atoms with E-state index in [9.17, 15) is 0 Å². The molecule has 2 aromatic rings. The van der Waals surface area contributed by atoms with Crippen molar-refractivity contribution in [2.75, 3.05) is 0 Å². The summed E-state index contributed by atoms with van der Waals surface area (Å²) >= 11 is 12.4. The van der Waals surface area contributed by atoms with E-state index in [1.165, 1.54) is 11.1 Å². The molecule has 1 atom stereocenters. The topological polar surface area (TPSA) is 26.0 Å². The number of aryl methyl sites for hydroxylation is 1. The Morgan fingerprint density at radius 2 is 1.75 bits per heavy atom. The van der Waals surface area contributed by atoms with Gasteiger partial charge in [-0.15, -0.1) is 0 Å². The second kappa shape index (κ2) is 5.40. The first-order valence-electron chi connectivity index (χ1n) is 6.86. The smallest absolute Gasteiger partial charge is 0.0624 e. The Labute approximate surface area is 129 Å². The van der Waals surface area contributed by atoms with Crippen LogP contribution >= 0.6 is 23.2 Å². The monoisotopic (exact) mass is 305 g/mol. The predicted octanol–water partition coefficient (Wildman–Crippen LogP) is 4.42. The van der Waals surface area contributed by atoms with E-state index in [2.05, 4.69) is 24.3 Å². The van der Waals surface area contributed by atoms with E-state index in [0.717, 1.165) is 31.2 Å². The number of nitrogens with two attached hydrogens (primary N) is 1. The molecule has 1 aliphatic rings. The van der Waals surface area contributed by atoms with Crippen LogP contribution in [-0.4, -0.2) is 5.54 Å². The Balaban J connectivity index is 1.86. The molecule has 0 fully saturated rings. The van der Waals surface area contributed by atoms with E-state index in [-0.39, 0.29) is 5.54 Å². The van der Waals surface area contributed by atoms with Crippen molar-refractivity contribution < 1.29 is 0 Å². The summed E-state index contributed by atoms with van der Waals surface area (Å²) in [5, 5.41) is 1.24. The minimum Gasteiger partial charge on any atom is -0.324 e. The lowest BCUT2D eigenvalue weighted by Gasteiger charge is -2.35. The first-order valence-corrected chi connectivity index (χ1v) is 7.62. The Hall–Kier alpha value is -1.02. The highest BCUT2D eigenvalue weighted by Crippen LogP contribution is 2.33. The molecule has 0 saturated heterocycles. The minimum absolute atomic E-state index is 0.233. The van der Waals surface area contributed by atoms with Gasteiger partial charge in [-0.1, -0.05) is 59.6 Å². The molecule has 0 aliphatic heterocycles. The second-order valence-electron chi connectivity index (χ2n) is 5.70. The van der Waals surface area contributed by atoms with Gasteiger partial charge < -0.3 is 5.73 Å². The van der Waals surface area contributed by atoms with Crippen molar-refractivity contribution in [2.24, 2.45) is 5.73 Å². The lowest BCUT2D eigenvalue weighted by Crippen LogP contribution is -2.47. The quantitative estimate of drug-likeness (QED) is 0.873. The number of rotatable bonds is 2. The first kappa shape index (κ1) is 13.9. The molecular formula is C17H17Cl2N. The molecule has 0 aromatic heterocycles. The first-order chi connectivity index (χ1) is 9.57. The maximum absolute atomic E-state index is 6.62. The van der Waals surface area contributed by atoms with Gasteiger partial charge in [-0.2, -0.15) is 0 Å². The van der Waals surface area contributed by atoms with Crippen LogP contribution in [0.15, 0.2) is 42.5 Å². The Kier molecular flexibility index (Phi) is 3.76. The maximum Gasteiger partial charge on any atom is 0.0624 e. The summed E-state index contributed by atoms with van der Waals surface area (Å²) in [6, 6.07) is 14.3. The molecule has 0 saturated carbocycles. The molecule has 0 radical (unpaired) electrons. The van der Waals surface area contributed by atoms with Crippen molar-refractivity contribution in [1.29, 1.82) is 0 Å². The number of fused-ring (bicyclic) bond motifs is 1. The third-order valence-corrected chi connectivity index (χ3v) is 4.99. The van der Waals surface area contributed by atoms with Gasteiger partial charge in [0.2, 0.25) is 0 Å². The Morgan fingerprint density at radius 1 is 1.00 bits per heavy atom. The van der Waals surface area contributed by atoms with Crippen molar-refractivity contribution in [3.63, 3.8) is 0 Å². The molecule has 3 rings (SSSR count). The summed E-state index contributed by atoms with van der Waals surface area (Å²) in [5.74, 6) is 0. The van der Waals surface area contributed by atoms with E-state index < -0.39 is 0 Å². The van der Waals surface area contributed by atoms with Crippen LogP contribution in [0.2, 0.25) is 10.0 Å². The van der Waals surface area contributed by atoms with Crippen molar-refractivity contribution in [3.05, 3.63) is 69.2 Å². The summed E-state index contributed by atoms with van der Waals surface area (Å²) in [4.78, 5) is 0. The Bertz CT molecular complexity index is 639. The molecule has 20 heavy (non-hydrogen) atoms. The highest BCUT2D eigenvalue weighted by molar-refractivity contribution is 6.42. The van der Waals surface area contributed by atoms with Gasteiger partial charge >= 0.3 is 0 Å². The van der Waals surface area contributed by atoms with Crippen LogP contribution in [0.4, 0.5) is 0 Å². The largest absolute Gasteiger partial charge is 0.324 e. The van der Waals surface area contributed by atoms with Crippen LogP contribution in [0.5, 0.6) is 0 Å². The van der Waals surface area contributed by atoms with Crippen LogP contribution in [0, 0.1) is 0 Å². The molecular weight excluding hydrogens is 289 g/mol. The predicted molar refractivity (Wildman–Crippen MR) is 85.6 cm³/mol. The highest BCUT2D eigenvalue weighted by Gasteiger charge is 2.31. The SMILES string of the molecule is NC1(Cc2cccc(Cl)c2Cl)CCc2ccccc2C1. The molecule has 0 heterocycles. The third-order valence-electron chi connectivity index (χ3n) is 4.13. The zero-order valence-electron chi connectivity index (χ0n) is 11.2. The fourth-order valence-electron chi connectivity index (χ4n) is 3.04. The van der Waals surface area contributed by atoms with Crippen molar-refractivity contribution >= 4 is 23.2 Å². The zero-order valence-corrected chi connectivity index (χ0v) is 12.7. The van der Waals surface area contributed by atoms with Gasteiger partial charge in [-0.3, -0.25) is 0 Å². The van der Waals surface area contributed by atoms with Gasteiger partial charge in [0.15, 0.2) is 0 Å². The van der Waals surface area contributed by atoms with Gasteiger partial charge in [-0.25, -0.2) is 0 Å². The van der Waals surface area contributed by atoms with Crippen molar-refractivity contribution in [3.8, 4) is 0 Å². The van der Waals surface area contributed by atoms with Crippen LogP contribution in [0.1, 0.15) is 23.1 Å². The van der Waals surface area contributed by atoms with Gasteiger partial charge in [0.25, 0.3) is 0 Å². The van der Waals surface area contributed by atoms with Crippen molar-refractivity contribution in [2.45, 2.75) is 31.2 Å². The molecule has 0 amide bonds. The Morgan fingerprint density at radius 3 is 2.55 bits per heavy atom. The third kappa shape index (κ3) is 2.71. The average Bonchev–Trinajstić information content (AvgIpc) is 2.44. The lowest BCUT2D eigenvalue weighted by molar-refractivity contribution is 0.369. The molecule has 104 valence electrons. The van der Waals surface area contributed by atoms with E-state index in [1.807, 2.05) is 18.2 Å². The van der Waals surface area contributed by atoms with Crippen LogP contribution in [0.3, 0.4) is 0 Å². The van der Waals surface area contributed by atoms with Crippen molar-refractivity contribution in [1.82, 2.24) is 0 Å². The lowest BCUT2D eigenvalue weighted by atomic mass is 9.75. The molecule has 0 spiro atoms. The highest BCUT2D eigenvalue weighted by atomic mass is 35.5. The second-order valence-corrected chi connectivity index (χ2v) is 6.48. The average molecular weight is 306 g/mol. The van der Waals surface area contributed by atoms with Crippen LogP contribution < -0.4 is 5.73 Å². The van der Waals surface area contributed by atoms with Crippen LogP contribution in [0.25, 0.3) is 0 Å². The number of halogens is 2. The molecule has 2 aromatic carbocycles. The minimum atomic E-state index is -0.233. The number of benzene rings is 2. The molecule has 2 N–H and O–H groups in total. The molecule has 1 aliphatic carbocycles. The summed E-state index contributed by atoms with van der Waals surface area (Å²) < 4.78 is 0. The number of hydrogen-bond acceptors (Lipinski definition) is 1. The fourth-order valence-corrected chi connectivity index (χ4v) is 3.43. The van der Waals surface area contributed by atoms with E-state index in [0.29, 0.717) is 10.0 Å². The maximum atomic E-state index is 6.62. The molecule has 3 heteroatoms. The summed E-state index contributed by atoms with van der Waals surface area (Å²) in [5.41, 5.74) is 10.2. The summed E-state index contributed by atoms with van der Waals surface area (Å²) in [6.45, 7) is 0.